The van der Waals surface area contributed by atoms with Crippen molar-refractivity contribution < 1.29 is 47.7 Å². The van der Waals surface area contributed by atoms with Crippen LogP contribution in [0.25, 0.3) is 0 Å². The average molecular weight is 164 g/mol. The van der Waals surface area contributed by atoms with Crippen LogP contribution in [-0.4, -0.2) is 16.2 Å². The van der Waals surface area contributed by atoms with Gasteiger partial charge in [-0.1, -0.05) is 0 Å². The van der Waals surface area contributed by atoms with Gasteiger partial charge >= 0.3 is 32.7 Å². The average Bonchev–Trinajstić information content (AvgIpc) is 1.38. The first-order valence-corrected chi connectivity index (χ1v) is 0.975. The van der Waals surface area contributed by atoms with E-state index in [0.717, 1.165) is 0 Å². The summed E-state index contributed by atoms with van der Waals surface area (Å²) in [5, 5.41) is 14.8. The summed E-state index contributed by atoms with van der Waals surface area (Å²) in [5.74, 6) is -1.31. The fourth-order valence-electron chi connectivity index (χ4n) is 0. The van der Waals surface area contributed by atoms with Crippen molar-refractivity contribution in [1.29, 1.82) is 0 Å². The summed E-state index contributed by atoms with van der Waals surface area (Å²) in [6, 6.07) is 0. The van der Waals surface area contributed by atoms with E-state index in [1.807, 2.05) is 0 Å². The Hall–Kier alpha value is 0.404. The van der Waals surface area contributed by atoms with Gasteiger partial charge in [0, 0.05) is 0 Å². The second-order valence-corrected chi connectivity index (χ2v) is 0.467. The molecule has 0 amide bonds. The zero-order chi connectivity index (χ0) is 4.28. The number of carbonyl (C=O) groups is 1. The second kappa shape index (κ2) is 5.40. The van der Waals surface area contributed by atoms with E-state index >= 15 is 0 Å². The minimum Gasteiger partial charge on any atom is -0.537 e. The predicted octanol–water partition coefficient (Wildman–Crippen LogP) is -0.397. The van der Waals surface area contributed by atoms with Crippen molar-refractivity contribution >= 4 is 5.97 Å². The molecule has 2 N–H and O–H groups in total. The Morgan fingerprint density at radius 1 is 1.67 bits per heavy atom. The van der Waals surface area contributed by atoms with Gasteiger partial charge in [-0.15, -0.1) is 0 Å². The first kappa shape index (κ1) is 9.64. The zero-order valence-corrected chi connectivity index (χ0v) is 5.80. The van der Waals surface area contributed by atoms with Crippen LogP contribution >= 0.6 is 0 Å². The molecule has 0 saturated carbocycles. The molecule has 0 aliphatic carbocycles. The topological polar surface area (TPSA) is 57.5 Å². The van der Waals surface area contributed by atoms with Gasteiger partial charge in [-0.25, -0.2) is 0 Å². The fourth-order valence-corrected chi connectivity index (χ4v) is 0. The Morgan fingerprint density at radius 2 is 1.83 bits per heavy atom. The quantitative estimate of drug-likeness (QED) is 0.518. The molecule has 0 fully saturated rings. The van der Waals surface area contributed by atoms with E-state index < -0.39 is 5.97 Å². The van der Waals surface area contributed by atoms with Gasteiger partial charge in [0.15, 0.2) is 5.97 Å². The summed E-state index contributed by atoms with van der Waals surface area (Å²) < 4.78 is 0. The molecule has 3 nitrogen and oxygen atoms in total. The summed E-state index contributed by atoms with van der Waals surface area (Å²) in [7, 11) is 0. The van der Waals surface area contributed by atoms with Gasteiger partial charge in [0.05, 0.1) is 0 Å². The summed E-state index contributed by atoms with van der Waals surface area (Å²) in [6.45, 7) is 0.0833. The van der Waals surface area contributed by atoms with E-state index in [1.54, 1.807) is 0 Å². The van der Waals surface area contributed by atoms with Gasteiger partial charge in [0.2, 0.25) is 0 Å². The Balaban J connectivity index is 0. The maximum absolute atomic E-state index is 9.06. The van der Waals surface area contributed by atoms with Crippen LogP contribution in [0.15, 0.2) is 0 Å². The number of aliphatic hydroxyl groups is 1. The SMILES string of the molecule is O=C(O)[CH-]O.[Y+3]. The van der Waals surface area contributed by atoms with E-state index in [-0.39, 0.29) is 39.3 Å². The van der Waals surface area contributed by atoms with Gasteiger partial charge in [0.1, 0.15) is 0 Å². The summed E-state index contributed by atoms with van der Waals surface area (Å²) >= 11 is 0. The van der Waals surface area contributed by atoms with Crippen LogP contribution in [0.2, 0.25) is 0 Å². The Morgan fingerprint density at radius 3 is 1.83 bits per heavy atom. The molecule has 0 aromatic heterocycles. The van der Waals surface area contributed by atoms with Crippen LogP contribution in [0.3, 0.4) is 0 Å². The summed E-state index contributed by atoms with van der Waals surface area (Å²) in [6.07, 6.45) is 0. The van der Waals surface area contributed by atoms with Crippen LogP contribution in [0.4, 0.5) is 0 Å². The van der Waals surface area contributed by atoms with Crippen molar-refractivity contribution in [3.05, 3.63) is 6.61 Å². The maximum Gasteiger partial charge on any atom is 3.00 e. The summed E-state index contributed by atoms with van der Waals surface area (Å²) in [4.78, 5) is 9.06. The molecule has 0 unspecified atom stereocenters. The van der Waals surface area contributed by atoms with Crippen molar-refractivity contribution in [2.24, 2.45) is 0 Å². The van der Waals surface area contributed by atoms with Crippen molar-refractivity contribution in [2.45, 2.75) is 0 Å². The molecular formula is C2H3O3Y+2. The van der Waals surface area contributed by atoms with E-state index in [9.17, 15) is 0 Å². The van der Waals surface area contributed by atoms with Crippen LogP contribution in [0.1, 0.15) is 0 Å². The molecule has 30 valence electrons. The zero-order valence-electron chi connectivity index (χ0n) is 2.96. The molecule has 0 aliphatic heterocycles. The smallest absolute Gasteiger partial charge is 0.537 e. The third kappa shape index (κ3) is 8.83. The molecule has 0 bridgehead atoms. The molecule has 0 aromatic carbocycles. The first-order valence-electron chi connectivity index (χ1n) is 0.975. The number of hydrogen-bond acceptors (Lipinski definition) is 2. The minimum atomic E-state index is -1.31. The fraction of sp³-hybridized carbons (Fsp3) is 0. The van der Waals surface area contributed by atoms with E-state index in [4.69, 9.17) is 15.0 Å². The molecule has 0 aliphatic rings. The van der Waals surface area contributed by atoms with Crippen molar-refractivity contribution in [3.63, 3.8) is 0 Å². The number of carboxylic acids is 1. The first-order chi connectivity index (χ1) is 2.27. The third-order valence-electron chi connectivity index (χ3n) is 0.110. The van der Waals surface area contributed by atoms with Gasteiger partial charge < -0.3 is 10.2 Å². The van der Waals surface area contributed by atoms with Crippen LogP contribution in [0.5, 0.6) is 0 Å². The number of aliphatic hydroxyl groups excluding tert-OH is 1. The van der Waals surface area contributed by atoms with Gasteiger partial charge in [-0.05, 0) is 0 Å². The largest absolute Gasteiger partial charge is 3.00 e. The Kier molecular flexibility index (Phi) is 8.68. The van der Waals surface area contributed by atoms with Crippen molar-refractivity contribution in [2.75, 3.05) is 0 Å². The predicted molar refractivity (Wildman–Crippen MR) is 13.9 cm³/mol. The molecule has 0 rings (SSSR count). The maximum atomic E-state index is 9.06. The molecule has 0 heterocycles. The molecular weight excluding hydrogens is 161 g/mol. The molecule has 0 aromatic rings. The van der Waals surface area contributed by atoms with Crippen molar-refractivity contribution in [1.82, 2.24) is 0 Å². The van der Waals surface area contributed by atoms with E-state index in [2.05, 4.69) is 0 Å². The van der Waals surface area contributed by atoms with E-state index in [0.29, 0.717) is 0 Å². The number of aliphatic carboxylic acids is 1. The molecule has 6 heavy (non-hydrogen) atoms. The third-order valence-corrected chi connectivity index (χ3v) is 0.110. The Labute approximate surface area is 60.2 Å². The van der Waals surface area contributed by atoms with Crippen molar-refractivity contribution in [3.8, 4) is 0 Å². The second-order valence-electron chi connectivity index (χ2n) is 0.467. The van der Waals surface area contributed by atoms with Gasteiger partial charge in [0.25, 0.3) is 0 Å². The summed E-state index contributed by atoms with van der Waals surface area (Å²) in [5.41, 5.74) is 0. The molecule has 4 heteroatoms. The van der Waals surface area contributed by atoms with Crippen LogP contribution in [0, 0.1) is 6.61 Å². The number of hydrogen-bond donors (Lipinski definition) is 2. The molecule has 0 saturated heterocycles. The minimum absolute atomic E-state index is 0. The molecule has 0 spiro atoms. The molecule has 0 radical (unpaired) electrons. The van der Waals surface area contributed by atoms with Crippen LogP contribution in [-0.2, 0) is 37.5 Å². The number of carboxylic acid groups (broad SMARTS) is 1. The Bertz CT molecular complexity index is 44.1. The monoisotopic (exact) mass is 164 g/mol. The standard InChI is InChI=1S/C2H3O3.Y/c3-1-2(4)5;/h1,3H,(H,4,5);/q-1;+3. The van der Waals surface area contributed by atoms with E-state index in [1.165, 1.54) is 0 Å². The van der Waals surface area contributed by atoms with Gasteiger partial charge in [-0.2, -0.15) is 6.61 Å². The van der Waals surface area contributed by atoms with Gasteiger partial charge in [-0.3, -0.25) is 4.79 Å². The molecule has 0 atom stereocenters. The normalized spacial score (nSPS) is 5.50. The number of rotatable bonds is 1. The van der Waals surface area contributed by atoms with Crippen LogP contribution < -0.4 is 0 Å².